The van der Waals surface area contributed by atoms with Crippen molar-refractivity contribution in [2.45, 2.75) is 42.6 Å². The Morgan fingerprint density at radius 2 is 1.73 bits per heavy atom. The minimum atomic E-state index is -3.02. The van der Waals surface area contributed by atoms with E-state index in [0.717, 1.165) is 6.42 Å². The van der Waals surface area contributed by atoms with Crippen LogP contribution in [0.1, 0.15) is 42.5 Å². The van der Waals surface area contributed by atoms with Gasteiger partial charge in [-0.1, -0.05) is 6.42 Å². The number of ketones is 1. The molecule has 3 aliphatic rings. The van der Waals surface area contributed by atoms with Gasteiger partial charge in [0.05, 0.1) is 10.5 Å². The molecule has 2 atom stereocenters. The van der Waals surface area contributed by atoms with E-state index in [4.69, 9.17) is 9.47 Å². The first-order valence-electron chi connectivity index (χ1n) is 7.72. The van der Waals surface area contributed by atoms with E-state index in [-0.39, 0.29) is 29.0 Å². The summed E-state index contributed by atoms with van der Waals surface area (Å²) in [5.74, 6) is 1.08. The Morgan fingerprint density at radius 1 is 1.05 bits per heavy atom. The van der Waals surface area contributed by atoms with Gasteiger partial charge in [-0.25, -0.2) is 8.42 Å². The molecule has 0 spiro atoms. The zero-order valence-electron chi connectivity index (χ0n) is 12.2. The maximum Gasteiger partial charge on any atom is 0.231 e. The molecule has 5 nitrogen and oxygen atoms in total. The molecule has 4 rings (SSSR count). The maximum atomic E-state index is 12.8. The zero-order valence-corrected chi connectivity index (χ0v) is 13.0. The van der Waals surface area contributed by atoms with Gasteiger partial charge in [-0.3, -0.25) is 4.79 Å². The Kier molecular flexibility index (Phi) is 3.18. The topological polar surface area (TPSA) is 69.7 Å². The van der Waals surface area contributed by atoms with E-state index in [1.54, 1.807) is 18.2 Å². The number of fused-ring (bicyclic) bond motifs is 3. The number of benzene rings is 1. The highest BCUT2D eigenvalue weighted by Gasteiger charge is 2.46. The minimum absolute atomic E-state index is 0.0325. The molecule has 0 amide bonds. The van der Waals surface area contributed by atoms with Crippen molar-refractivity contribution in [1.29, 1.82) is 0 Å². The summed E-state index contributed by atoms with van der Waals surface area (Å²) in [5, 5.41) is -0.661. The van der Waals surface area contributed by atoms with Crippen LogP contribution in [0.25, 0.3) is 0 Å². The van der Waals surface area contributed by atoms with Crippen LogP contribution in [-0.4, -0.2) is 31.5 Å². The van der Waals surface area contributed by atoms with Crippen molar-refractivity contribution in [2.75, 3.05) is 6.79 Å². The van der Waals surface area contributed by atoms with E-state index in [1.165, 1.54) is 0 Å². The van der Waals surface area contributed by atoms with Crippen molar-refractivity contribution in [3.8, 4) is 11.5 Å². The molecule has 2 fully saturated rings. The van der Waals surface area contributed by atoms with E-state index >= 15 is 0 Å². The molecule has 3 aliphatic heterocycles. The molecule has 0 aliphatic carbocycles. The summed E-state index contributed by atoms with van der Waals surface area (Å²) in [6, 6.07) is 5.20. The molecule has 22 heavy (non-hydrogen) atoms. The highest BCUT2D eigenvalue weighted by atomic mass is 32.2. The Morgan fingerprint density at radius 3 is 2.45 bits per heavy atom. The third-order valence-corrected chi connectivity index (χ3v) is 7.82. The van der Waals surface area contributed by atoms with Crippen molar-refractivity contribution in [3.63, 3.8) is 0 Å². The van der Waals surface area contributed by atoms with Gasteiger partial charge in [0.1, 0.15) is 0 Å². The standard InChI is InChI=1S/C16H18O5S/c17-16(10-4-5-14-15(8-10)21-9-20-14)11-6-12-2-1-3-13(7-11)22(12,18)19/h4-5,8,11-13H,1-3,6-7,9H2. The van der Waals surface area contributed by atoms with Crippen LogP contribution in [0.5, 0.6) is 11.5 Å². The van der Waals surface area contributed by atoms with E-state index in [2.05, 4.69) is 0 Å². The first-order valence-corrected chi connectivity index (χ1v) is 9.33. The Labute approximate surface area is 129 Å². The largest absolute Gasteiger partial charge is 0.454 e. The molecule has 0 aromatic heterocycles. The number of sulfone groups is 1. The van der Waals surface area contributed by atoms with Crippen LogP contribution in [0, 0.1) is 5.92 Å². The van der Waals surface area contributed by atoms with E-state index in [9.17, 15) is 13.2 Å². The smallest absolute Gasteiger partial charge is 0.231 e. The number of rotatable bonds is 2. The second-order valence-electron chi connectivity index (χ2n) is 6.36. The van der Waals surface area contributed by atoms with Crippen LogP contribution in [-0.2, 0) is 9.84 Å². The number of Topliss-reactive ketones (excluding diaryl/α,β-unsaturated/α-hetero) is 1. The van der Waals surface area contributed by atoms with Crippen LogP contribution >= 0.6 is 0 Å². The summed E-state index contributed by atoms with van der Waals surface area (Å²) < 4.78 is 35.2. The van der Waals surface area contributed by atoms with Gasteiger partial charge in [-0.15, -0.1) is 0 Å². The van der Waals surface area contributed by atoms with Crippen molar-refractivity contribution < 1.29 is 22.7 Å². The van der Waals surface area contributed by atoms with Crippen molar-refractivity contribution in [3.05, 3.63) is 23.8 Å². The molecule has 2 bridgehead atoms. The second-order valence-corrected chi connectivity index (χ2v) is 8.88. The van der Waals surface area contributed by atoms with Crippen molar-refractivity contribution >= 4 is 15.6 Å². The first kappa shape index (κ1) is 14.1. The highest BCUT2D eigenvalue weighted by molar-refractivity contribution is 7.92. The monoisotopic (exact) mass is 322 g/mol. The molecular formula is C16H18O5S. The minimum Gasteiger partial charge on any atom is -0.454 e. The van der Waals surface area contributed by atoms with Crippen molar-refractivity contribution in [2.24, 2.45) is 5.92 Å². The summed E-state index contributed by atoms with van der Waals surface area (Å²) in [7, 11) is -3.02. The van der Waals surface area contributed by atoms with Gasteiger partial charge in [-0.2, -0.15) is 0 Å². The Balaban J connectivity index is 1.59. The van der Waals surface area contributed by atoms with Gasteiger partial charge in [0.2, 0.25) is 6.79 Å². The average molecular weight is 322 g/mol. The fourth-order valence-corrected chi connectivity index (χ4v) is 6.44. The normalized spacial score (nSPS) is 31.7. The summed E-state index contributed by atoms with van der Waals surface area (Å²) in [6.45, 7) is 0.179. The van der Waals surface area contributed by atoms with Gasteiger partial charge in [0.15, 0.2) is 27.1 Å². The average Bonchev–Trinajstić information content (AvgIpc) is 2.92. The van der Waals surface area contributed by atoms with E-state index in [1.807, 2.05) is 0 Å². The van der Waals surface area contributed by atoms with Crippen LogP contribution in [0.2, 0.25) is 0 Å². The van der Waals surface area contributed by atoms with Crippen LogP contribution in [0.3, 0.4) is 0 Å². The molecule has 2 unspecified atom stereocenters. The summed E-state index contributed by atoms with van der Waals surface area (Å²) in [6.07, 6.45) is 3.28. The number of carbonyl (C=O) groups excluding carboxylic acids is 1. The lowest BCUT2D eigenvalue weighted by molar-refractivity contribution is 0.0893. The lowest BCUT2D eigenvalue weighted by atomic mass is 9.84. The molecule has 118 valence electrons. The first-order chi connectivity index (χ1) is 10.6. The quantitative estimate of drug-likeness (QED) is 0.782. The molecule has 2 saturated heterocycles. The molecule has 0 saturated carbocycles. The maximum absolute atomic E-state index is 12.8. The second kappa shape index (κ2) is 4.98. The van der Waals surface area contributed by atoms with Crippen LogP contribution in [0.15, 0.2) is 18.2 Å². The molecule has 1 aromatic rings. The van der Waals surface area contributed by atoms with E-state index < -0.39 is 9.84 Å². The molecular weight excluding hydrogens is 304 g/mol. The number of hydrogen-bond donors (Lipinski definition) is 0. The van der Waals surface area contributed by atoms with Crippen LogP contribution in [0.4, 0.5) is 0 Å². The Bertz CT molecular complexity index is 704. The predicted octanol–water partition coefficient (Wildman–Crippen LogP) is 2.34. The fourth-order valence-electron chi connectivity index (χ4n) is 3.91. The summed E-state index contributed by atoms with van der Waals surface area (Å²) in [5.41, 5.74) is 0.589. The summed E-state index contributed by atoms with van der Waals surface area (Å²) in [4.78, 5) is 12.8. The van der Waals surface area contributed by atoms with Crippen molar-refractivity contribution in [1.82, 2.24) is 0 Å². The summed E-state index contributed by atoms with van der Waals surface area (Å²) >= 11 is 0. The van der Waals surface area contributed by atoms with Gasteiger partial charge < -0.3 is 9.47 Å². The predicted molar refractivity (Wildman–Crippen MR) is 80.0 cm³/mol. The fraction of sp³-hybridized carbons (Fsp3) is 0.562. The zero-order chi connectivity index (χ0) is 15.3. The lowest BCUT2D eigenvalue weighted by Gasteiger charge is -2.38. The molecule has 0 N–H and O–H groups in total. The lowest BCUT2D eigenvalue weighted by Crippen LogP contribution is -2.45. The van der Waals surface area contributed by atoms with Gasteiger partial charge in [0.25, 0.3) is 0 Å². The number of hydrogen-bond acceptors (Lipinski definition) is 5. The number of carbonyl (C=O) groups is 1. The van der Waals surface area contributed by atoms with Gasteiger partial charge in [-0.05, 0) is 43.9 Å². The third-order valence-electron chi connectivity index (χ3n) is 5.10. The van der Waals surface area contributed by atoms with Crippen LogP contribution < -0.4 is 9.47 Å². The molecule has 1 aromatic carbocycles. The van der Waals surface area contributed by atoms with E-state index in [0.29, 0.717) is 42.7 Å². The van der Waals surface area contributed by atoms with Gasteiger partial charge in [0, 0.05) is 11.5 Å². The highest BCUT2D eigenvalue weighted by Crippen LogP contribution is 2.41. The molecule has 3 heterocycles. The molecule has 0 radical (unpaired) electrons. The number of ether oxygens (including phenoxy) is 2. The molecule has 6 heteroatoms. The Hall–Kier alpha value is -1.56. The third kappa shape index (κ3) is 2.12. The van der Waals surface area contributed by atoms with Gasteiger partial charge >= 0.3 is 0 Å². The SMILES string of the molecule is O=C(c1ccc2c(c1)OCO2)C1CC2CCCC(C1)S2(=O)=O.